The number of Topliss-reactive ketones (excluding diaryl/α,β-unsaturated/α-hetero) is 2. The van der Waals surface area contributed by atoms with Crippen LogP contribution in [0.5, 0.6) is 5.75 Å². The fourth-order valence-corrected chi connectivity index (χ4v) is 7.23. The molecule has 42 heavy (non-hydrogen) atoms. The fraction of sp³-hybridized carbons (Fsp3) is 0.581. The Bertz CT molecular complexity index is 1410. The van der Waals surface area contributed by atoms with E-state index in [2.05, 4.69) is 32.6 Å². The highest BCUT2D eigenvalue weighted by Crippen LogP contribution is 2.54. The number of phenols is 1. The Morgan fingerprint density at radius 1 is 1.12 bits per heavy atom. The van der Waals surface area contributed by atoms with E-state index in [0.717, 1.165) is 24.2 Å². The van der Waals surface area contributed by atoms with Crippen LogP contribution in [0.25, 0.3) is 5.76 Å². The summed E-state index contributed by atoms with van der Waals surface area (Å²) in [7, 11) is 6.93. The van der Waals surface area contributed by atoms with Crippen molar-refractivity contribution >= 4 is 28.9 Å². The van der Waals surface area contributed by atoms with Gasteiger partial charge in [-0.05, 0) is 76.9 Å². The second kappa shape index (κ2) is 10.7. The van der Waals surface area contributed by atoms with Crippen molar-refractivity contribution in [1.82, 2.24) is 9.80 Å². The highest BCUT2D eigenvalue weighted by Gasteiger charge is 2.64. The molecular weight excluding hydrogens is 540 g/mol. The van der Waals surface area contributed by atoms with Gasteiger partial charge in [-0.25, -0.2) is 0 Å². The second-order valence-corrected chi connectivity index (χ2v) is 12.8. The van der Waals surface area contributed by atoms with Crippen molar-refractivity contribution in [2.24, 2.45) is 17.6 Å². The Kier molecular flexibility index (Phi) is 8.03. The predicted octanol–water partition coefficient (Wildman–Crippen LogP) is 2.04. The van der Waals surface area contributed by atoms with Crippen LogP contribution in [0.1, 0.15) is 57.2 Å². The Hall–Kier alpha value is -3.41. The minimum atomic E-state index is -2.65. The number of aliphatic hydroxyl groups is 3. The number of benzene rings is 1. The first-order valence-electron chi connectivity index (χ1n) is 14.4. The second-order valence-electron chi connectivity index (χ2n) is 12.8. The van der Waals surface area contributed by atoms with Crippen LogP contribution in [0.2, 0.25) is 0 Å². The number of hydrogen-bond donors (Lipinski definition) is 5. The van der Waals surface area contributed by atoms with Crippen molar-refractivity contribution < 1.29 is 34.8 Å². The predicted molar refractivity (Wildman–Crippen MR) is 159 cm³/mol. The van der Waals surface area contributed by atoms with Gasteiger partial charge in [-0.1, -0.05) is 13.8 Å². The minimum absolute atomic E-state index is 0.0492. The number of nitrogens with zero attached hydrogens (tertiary/aromatic N) is 3. The summed E-state index contributed by atoms with van der Waals surface area (Å²) in [5, 5.41) is 45.7. The molecule has 0 saturated heterocycles. The highest BCUT2D eigenvalue weighted by atomic mass is 16.3. The van der Waals surface area contributed by atoms with Crippen molar-refractivity contribution in [2.45, 2.75) is 70.7 Å². The number of phenolic OH excluding ortho intramolecular Hbond substituents is 1. The van der Waals surface area contributed by atoms with Crippen molar-refractivity contribution in [3.63, 3.8) is 0 Å². The van der Waals surface area contributed by atoms with Gasteiger partial charge in [0.1, 0.15) is 22.8 Å². The molecular formula is C31H44N4O7. The maximum absolute atomic E-state index is 14.1. The largest absolute Gasteiger partial charge is 0.508 e. The van der Waals surface area contributed by atoms with Gasteiger partial charge in [0.05, 0.1) is 11.6 Å². The molecule has 0 unspecified atom stereocenters. The van der Waals surface area contributed by atoms with Crippen LogP contribution >= 0.6 is 0 Å². The Morgan fingerprint density at radius 2 is 1.74 bits per heavy atom. The summed E-state index contributed by atoms with van der Waals surface area (Å²) in [6.07, 6.45) is 1.21. The average Bonchev–Trinajstić information content (AvgIpc) is 2.88. The number of carbonyl (C=O) groups is 3. The molecule has 11 nitrogen and oxygen atoms in total. The number of amides is 1. The van der Waals surface area contributed by atoms with E-state index in [1.807, 2.05) is 19.0 Å². The van der Waals surface area contributed by atoms with Gasteiger partial charge in [0.25, 0.3) is 5.91 Å². The van der Waals surface area contributed by atoms with E-state index in [0.29, 0.717) is 12.1 Å². The summed E-state index contributed by atoms with van der Waals surface area (Å²) in [6, 6.07) is 0.485. The first kappa shape index (κ1) is 31.5. The number of ketones is 2. The van der Waals surface area contributed by atoms with Crippen LogP contribution in [-0.2, 0) is 27.3 Å². The van der Waals surface area contributed by atoms with E-state index in [1.165, 1.54) is 4.90 Å². The monoisotopic (exact) mass is 584 g/mol. The van der Waals surface area contributed by atoms with Gasteiger partial charge in [-0.2, -0.15) is 0 Å². The Labute approximate surface area is 246 Å². The average molecular weight is 585 g/mol. The Balaban J connectivity index is 1.95. The van der Waals surface area contributed by atoms with Crippen molar-refractivity contribution in [3.05, 3.63) is 39.7 Å². The van der Waals surface area contributed by atoms with Gasteiger partial charge in [0.2, 0.25) is 5.78 Å². The molecule has 230 valence electrons. The van der Waals surface area contributed by atoms with Crippen molar-refractivity contribution in [1.29, 1.82) is 0 Å². The molecule has 0 spiro atoms. The number of aliphatic hydroxyl groups excluding tert-OH is 2. The molecule has 1 aromatic carbocycles. The number of carbonyl (C=O) groups excluding carboxylic acids is 3. The lowest BCUT2D eigenvalue weighted by atomic mass is 9.57. The lowest BCUT2D eigenvalue weighted by molar-refractivity contribution is -0.153. The first-order valence-corrected chi connectivity index (χ1v) is 14.4. The van der Waals surface area contributed by atoms with Crippen LogP contribution in [0.3, 0.4) is 0 Å². The molecule has 0 bridgehead atoms. The van der Waals surface area contributed by atoms with Crippen molar-refractivity contribution in [3.8, 4) is 5.75 Å². The molecule has 3 aliphatic rings. The molecule has 3 aliphatic carbocycles. The van der Waals surface area contributed by atoms with E-state index in [-0.39, 0.29) is 35.3 Å². The van der Waals surface area contributed by atoms with Crippen LogP contribution < -0.4 is 10.6 Å². The third-order valence-corrected chi connectivity index (χ3v) is 9.68. The summed E-state index contributed by atoms with van der Waals surface area (Å²) in [5.74, 6) is -6.57. The van der Waals surface area contributed by atoms with Gasteiger partial charge >= 0.3 is 0 Å². The maximum atomic E-state index is 14.1. The lowest BCUT2D eigenvalue weighted by Crippen LogP contribution is -2.65. The molecule has 0 aromatic heterocycles. The molecule has 1 saturated carbocycles. The number of fused-ring (bicyclic) bond motifs is 3. The summed E-state index contributed by atoms with van der Waals surface area (Å²) >= 11 is 0. The minimum Gasteiger partial charge on any atom is -0.508 e. The molecule has 4 rings (SSSR count). The molecule has 11 heteroatoms. The zero-order chi connectivity index (χ0) is 31.6. The van der Waals surface area contributed by atoms with Gasteiger partial charge < -0.3 is 31.1 Å². The maximum Gasteiger partial charge on any atom is 0.255 e. The van der Waals surface area contributed by atoms with E-state index < -0.39 is 58.0 Å². The highest BCUT2D eigenvalue weighted by molar-refractivity contribution is 6.24. The van der Waals surface area contributed by atoms with Gasteiger partial charge in [0.15, 0.2) is 11.4 Å². The third kappa shape index (κ3) is 4.49. The quantitative estimate of drug-likeness (QED) is 0.285. The zero-order valence-corrected chi connectivity index (χ0v) is 25.8. The van der Waals surface area contributed by atoms with Crippen LogP contribution in [0, 0.1) is 11.8 Å². The third-order valence-electron chi connectivity index (χ3n) is 9.68. The van der Waals surface area contributed by atoms with E-state index >= 15 is 0 Å². The van der Waals surface area contributed by atoms with Crippen LogP contribution in [0.15, 0.2) is 23.0 Å². The summed E-state index contributed by atoms with van der Waals surface area (Å²) < 4.78 is 0. The first-order chi connectivity index (χ1) is 19.4. The molecule has 1 aromatic rings. The number of nitrogens with two attached hydrogens (primary N) is 1. The molecule has 0 heterocycles. The van der Waals surface area contributed by atoms with E-state index in [9.17, 15) is 34.8 Å². The Morgan fingerprint density at radius 3 is 2.24 bits per heavy atom. The standard InChI is InChI=1S/C31H44N4O7/c1-9-30(3,4)35(10-2)14-16-13-19(36)21-17(23(16)33(5)6)11-15-12-18-24(34(7)8)26(38)22(29(32)41)28(40)31(18,42)27(39)20(15)25(21)37/h13,15,18,24,36-37,40,42H,9-12,14H2,1-8H3,(H2,32,41)/t15-,18-,24-,31-/m0/s1. The lowest BCUT2D eigenvalue weighted by Gasteiger charge is -2.50. The van der Waals surface area contributed by atoms with Crippen LogP contribution in [-0.4, -0.2) is 99.6 Å². The molecule has 0 aliphatic heterocycles. The van der Waals surface area contributed by atoms with Gasteiger partial charge in [-0.15, -0.1) is 0 Å². The zero-order valence-electron chi connectivity index (χ0n) is 25.8. The fourth-order valence-electron chi connectivity index (χ4n) is 7.23. The summed E-state index contributed by atoms with van der Waals surface area (Å²) in [6.45, 7) is 9.87. The number of primary amides is 1. The van der Waals surface area contributed by atoms with Crippen LogP contribution in [0.4, 0.5) is 5.69 Å². The number of rotatable bonds is 8. The smallest absolute Gasteiger partial charge is 0.255 e. The van der Waals surface area contributed by atoms with Gasteiger partial charge in [0, 0.05) is 43.4 Å². The molecule has 1 fully saturated rings. The summed E-state index contributed by atoms with van der Waals surface area (Å²) in [5.41, 5.74) is 4.09. The van der Waals surface area contributed by atoms with E-state index in [4.69, 9.17) is 5.73 Å². The number of aromatic hydroxyl groups is 1. The molecule has 6 N–H and O–H groups in total. The molecule has 0 radical (unpaired) electrons. The number of likely N-dealkylation sites (N-methyl/N-ethyl adjacent to an activating group) is 1. The topological polar surface area (TPSA) is 168 Å². The van der Waals surface area contributed by atoms with Gasteiger partial charge in [-0.3, -0.25) is 24.2 Å². The number of anilines is 1. The summed E-state index contributed by atoms with van der Waals surface area (Å²) in [4.78, 5) is 45.3. The van der Waals surface area contributed by atoms with E-state index in [1.54, 1.807) is 20.2 Å². The molecule has 4 atom stereocenters. The molecule has 1 amide bonds. The van der Waals surface area contributed by atoms with Crippen molar-refractivity contribution in [2.75, 3.05) is 39.6 Å². The SMILES string of the molecule is CCN(Cc1cc(O)c2c(c1N(C)C)C[C@H]1C[C@H]3[C@H](N(C)C)C(=O)C(C(N)=O)=C(O)[C@@]3(O)C(=O)C1=C2O)C(C)(C)CC. The number of hydrogen-bond acceptors (Lipinski definition) is 10. The normalized spacial score (nSPS) is 26.0.